The van der Waals surface area contributed by atoms with E-state index < -0.39 is 18.0 Å². The lowest BCUT2D eigenvalue weighted by molar-refractivity contribution is -0.126. The molecule has 2 aromatic heterocycles. The van der Waals surface area contributed by atoms with Crippen LogP contribution in [-0.4, -0.2) is 92.1 Å². The van der Waals surface area contributed by atoms with E-state index in [4.69, 9.17) is 4.74 Å². The number of H-pyrrole nitrogens is 1. The minimum Gasteiger partial charge on any atom is -0.465 e. The third kappa shape index (κ3) is 4.09. The van der Waals surface area contributed by atoms with Crippen LogP contribution in [0.25, 0.3) is 22.4 Å². The quantitative estimate of drug-likeness (QED) is 0.503. The average Bonchev–Trinajstić information content (AvgIpc) is 3.42. The van der Waals surface area contributed by atoms with E-state index in [1.807, 2.05) is 17.0 Å². The Morgan fingerprint density at radius 3 is 2.70 bits per heavy atom. The largest absolute Gasteiger partial charge is 0.465 e. The molecule has 1 saturated carbocycles. The number of urea groups is 1. The van der Waals surface area contributed by atoms with Crippen molar-refractivity contribution in [2.24, 2.45) is 11.8 Å². The number of carbonyl (C=O) groups is 3. The Kier molecular flexibility index (Phi) is 5.95. The van der Waals surface area contributed by atoms with Crippen molar-refractivity contribution in [2.75, 3.05) is 39.4 Å². The third-order valence-corrected chi connectivity index (χ3v) is 8.83. The van der Waals surface area contributed by atoms with Crippen LogP contribution in [0.5, 0.6) is 0 Å². The molecule has 4 aliphatic rings. The highest BCUT2D eigenvalue weighted by Crippen LogP contribution is 2.38. The molecule has 3 aliphatic heterocycles. The fourth-order valence-electron chi connectivity index (χ4n) is 6.74. The number of hydrogen-bond donors (Lipinski definition) is 2. The maximum atomic E-state index is 14.3. The standard InChI is InChI=1S/C28H29FN6O5/c29-21-9-30-26-24(21)32-22(10-31-26)18-7-15-3-4-33(27(37)34-11-16-1-2-17(12-34)25(16)36)13-20(15)19(8-18)23-14-40-6-5-35(23)28(38)39/h7-10,16-17,23H,1-6,11-14H2,(H,30,31)(H,38,39)/t16?,17?,23-/m0/s1. The Morgan fingerprint density at radius 2 is 1.93 bits per heavy atom. The lowest BCUT2D eigenvalue weighted by atomic mass is 9.87. The van der Waals surface area contributed by atoms with Gasteiger partial charge in [0, 0.05) is 56.3 Å². The van der Waals surface area contributed by atoms with Gasteiger partial charge in [-0.3, -0.25) is 9.69 Å². The molecule has 40 heavy (non-hydrogen) atoms. The average molecular weight is 549 g/mol. The second-order valence-corrected chi connectivity index (χ2v) is 11.1. The molecule has 2 saturated heterocycles. The molecular formula is C28H29FN6O5. The molecule has 0 spiro atoms. The third-order valence-electron chi connectivity index (χ3n) is 8.83. The van der Waals surface area contributed by atoms with Gasteiger partial charge < -0.3 is 24.6 Å². The Balaban J connectivity index is 1.26. The maximum absolute atomic E-state index is 14.3. The van der Waals surface area contributed by atoms with E-state index >= 15 is 0 Å². The van der Waals surface area contributed by atoms with Gasteiger partial charge in [0.15, 0.2) is 11.5 Å². The number of benzene rings is 1. The second-order valence-electron chi connectivity index (χ2n) is 11.1. The van der Waals surface area contributed by atoms with Gasteiger partial charge in [0.2, 0.25) is 0 Å². The lowest BCUT2D eigenvalue weighted by Crippen LogP contribution is -2.52. The topological polar surface area (TPSA) is 132 Å². The number of fused-ring (bicyclic) bond motifs is 4. The molecular weight excluding hydrogens is 519 g/mol. The molecule has 7 rings (SSSR count). The highest BCUT2D eigenvalue weighted by Gasteiger charge is 2.43. The Morgan fingerprint density at radius 1 is 1.12 bits per heavy atom. The zero-order valence-corrected chi connectivity index (χ0v) is 21.8. The molecule has 0 radical (unpaired) electrons. The van der Waals surface area contributed by atoms with E-state index in [1.165, 1.54) is 11.1 Å². The van der Waals surface area contributed by atoms with Crippen molar-refractivity contribution in [1.29, 1.82) is 0 Å². The Bertz CT molecular complexity index is 1520. The van der Waals surface area contributed by atoms with Crippen molar-refractivity contribution in [3.8, 4) is 11.3 Å². The summed E-state index contributed by atoms with van der Waals surface area (Å²) < 4.78 is 20.0. The predicted octanol–water partition coefficient (Wildman–Crippen LogP) is 3.20. The van der Waals surface area contributed by atoms with Crippen LogP contribution in [0.3, 0.4) is 0 Å². The number of aromatic amines is 1. The van der Waals surface area contributed by atoms with Gasteiger partial charge in [0.25, 0.3) is 0 Å². The SMILES string of the molecule is O=C1C2CCC1CN(C(=O)N1CCc3cc(-c4cnc5[nH]cc(F)c5n4)cc([C@@H]4COCCN4C(=O)O)c3C1)C2. The Labute approximate surface area is 228 Å². The van der Waals surface area contributed by atoms with Gasteiger partial charge in [0.05, 0.1) is 31.1 Å². The summed E-state index contributed by atoms with van der Waals surface area (Å²) in [5.74, 6) is -0.341. The summed E-state index contributed by atoms with van der Waals surface area (Å²) in [6.45, 7) is 2.46. The second kappa shape index (κ2) is 9.54. The van der Waals surface area contributed by atoms with E-state index in [1.54, 1.807) is 11.1 Å². The smallest absolute Gasteiger partial charge is 0.407 e. The molecule has 1 aliphatic carbocycles. The van der Waals surface area contributed by atoms with Crippen molar-refractivity contribution >= 4 is 29.1 Å². The molecule has 208 valence electrons. The fraction of sp³-hybridized carbons (Fsp3) is 0.464. The molecule has 3 atom stereocenters. The molecule has 11 nitrogen and oxygen atoms in total. The zero-order chi connectivity index (χ0) is 27.5. The molecule has 2 unspecified atom stereocenters. The van der Waals surface area contributed by atoms with Crippen LogP contribution in [0.1, 0.15) is 35.6 Å². The number of rotatable bonds is 2. The van der Waals surface area contributed by atoms with Crippen LogP contribution in [0.4, 0.5) is 14.0 Å². The molecule has 2 bridgehead atoms. The summed E-state index contributed by atoms with van der Waals surface area (Å²) in [6, 6.07) is 3.20. The maximum Gasteiger partial charge on any atom is 0.407 e. The summed E-state index contributed by atoms with van der Waals surface area (Å²) in [5.41, 5.74) is 4.28. The van der Waals surface area contributed by atoms with Gasteiger partial charge in [-0.1, -0.05) is 0 Å². The number of nitrogens with one attached hydrogen (secondary N) is 1. The van der Waals surface area contributed by atoms with Gasteiger partial charge in [-0.05, 0) is 48.1 Å². The molecule has 3 fully saturated rings. The zero-order valence-electron chi connectivity index (χ0n) is 21.8. The van der Waals surface area contributed by atoms with E-state index in [0.717, 1.165) is 29.5 Å². The van der Waals surface area contributed by atoms with Crippen LogP contribution < -0.4 is 0 Å². The van der Waals surface area contributed by atoms with Crippen molar-refractivity contribution in [1.82, 2.24) is 29.7 Å². The number of Topliss-reactive ketones (excluding diaryl/α,β-unsaturated/α-hetero) is 1. The summed E-state index contributed by atoms with van der Waals surface area (Å²) in [5, 5.41) is 9.98. The van der Waals surface area contributed by atoms with Gasteiger partial charge in [-0.2, -0.15) is 0 Å². The van der Waals surface area contributed by atoms with Crippen LogP contribution in [0, 0.1) is 17.7 Å². The number of amides is 3. The number of ether oxygens (including phenoxy) is 1. The van der Waals surface area contributed by atoms with E-state index in [0.29, 0.717) is 56.1 Å². The first-order chi connectivity index (χ1) is 19.4. The monoisotopic (exact) mass is 548 g/mol. The summed E-state index contributed by atoms with van der Waals surface area (Å²) in [6.07, 6.45) is 4.00. The van der Waals surface area contributed by atoms with Crippen molar-refractivity contribution in [3.05, 3.63) is 47.0 Å². The molecule has 5 heterocycles. The first kappa shape index (κ1) is 24.9. The van der Waals surface area contributed by atoms with Crippen molar-refractivity contribution in [3.63, 3.8) is 0 Å². The number of likely N-dealkylation sites (tertiary alicyclic amines) is 1. The van der Waals surface area contributed by atoms with Gasteiger partial charge in [0.1, 0.15) is 11.3 Å². The van der Waals surface area contributed by atoms with Crippen LogP contribution in [0.2, 0.25) is 0 Å². The Hall–Kier alpha value is -4.06. The minimum absolute atomic E-state index is 0.0651. The lowest BCUT2D eigenvalue weighted by Gasteiger charge is -2.40. The van der Waals surface area contributed by atoms with E-state index in [-0.39, 0.29) is 42.3 Å². The molecule has 3 aromatic rings. The number of piperidine rings is 1. The number of carbonyl (C=O) groups excluding carboxylic acids is 2. The molecule has 2 N–H and O–H groups in total. The van der Waals surface area contributed by atoms with Gasteiger partial charge >= 0.3 is 12.1 Å². The van der Waals surface area contributed by atoms with Crippen molar-refractivity contribution < 1.29 is 28.6 Å². The number of nitrogens with zero attached hydrogens (tertiary/aromatic N) is 5. The van der Waals surface area contributed by atoms with E-state index in [9.17, 15) is 23.9 Å². The number of ketones is 1. The van der Waals surface area contributed by atoms with Gasteiger partial charge in [-0.15, -0.1) is 0 Å². The highest BCUT2D eigenvalue weighted by atomic mass is 19.1. The fourth-order valence-corrected chi connectivity index (χ4v) is 6.74. The summed E-state index contributed by atoms with van der Waals surface area (Å²) >= 11 is 0. The highest BCUT2D eigenvalue weighted by molar-refractivity contribution is 5.88. The molecule has 1 aromatic carbocycles. The predicted molar refractivity (Wildman–Crippen MR) is 140 cm³/mol. The van der Waals surface area contributed by atoms with E-state index in [2.05, 4.69) is 15.0 Å². The number of aromatic nitrogens is 3. The van der Waals surface area contributed by atoms with Gasteiger partial charge in [-0.25, -0.2) is 23.9 Å². The summed E-state index contributed by atoms with van der Waals surface area (Å²) in [4.78, 5) is 54.7. The van der Waals surface area contributed by atoms with Crippen LogP contribution >= 0.6 is 0 Å². The van der Waals surface area contributed by atoms with Crippen molar-refractivity contribution in [2.45, 2.75) is 31.8 Å². The summed E-state index contributed by atoms with van der Waals surface area (Å²) in [7, 11) is 0. The number of carboxylic acid groups (broad SMARTS) is 1. The first-order valence-corrected chi connectivity index (χ1v) is 13.7. The number of hydrogen-bond acceptors (Lipinski definition) is 6. The number of halogens is 1. The number of morpholine rings is 1. The first-order valence-electron chi connectivity index (χ1n) is 13.7. The molecule has 12 heteroatoms. The minimum atomic E-state index is -1.04. The van der Waals surface area contributed by atoms with Crippen LogP contribution in [-0.2, 0) is 22.5 Å². The molecule has 3 amide bonds. The normalized spacial score (nSPS) is 24.5. The van der Waals surface area contributed by atoms with Crippen LogP contribution in [0.15, 0.2) is 24.5 Å².